The van der Waals surface area contributed by atoms with Crippen molar-refractivity contribution in [3.05, 3.63) is 33.9 Å². The van der Waals surface area contributed by atoms with E-state index < -0.39 is 23.2 Å². The predicted octanol–water partition coefficient (Wildman–Crippen LogP) is 0.910. The maximum absolute atomic E-state index is 11.0. The number of rotatable bonds is 7. The number of aliphatic hydroxyl groups is 1. The van der Waals surface area contributed by atoms with Gasteiger partial charge in [0.15, 0.2) is 0 Å². The van der Waals surface area contributed by atoms with Gasteiger partial charge >= 0.3 is 7.12 Å². The molecule has 128 valence electrons. The lowest BCUT2D eigenvalue weighted by Crippen LogP contribution is -2.53. The second-order valence-electron chi connectivity index (χ2n) is 6.92. The van der Waals surface area contributed by atoms with Gasteiger partial charge in [0, 0.05) is 18.7 Å². The fourth-order valence-electron chi connectivity index (χ4n) is 1.90. The molecule has 1 rings (SSSR count). The third-order valence-electron chi connectivity index (χ3n) is 3.97. The van der Waals surface area contributed by atoms with Gasteiger partial charge in [-0.2, -0.15) is 0 Å². The van der Waals surface area contributed by atoms with E-state index in [0.29, 0.717) is 12.0 Å². The molecule has 1 aromatic carbocycles. The average molecular weight is 324 g/mol. The Bertz CT molecular complexity index is 569. The third-order valence-corrected chi connectivity index (χ3v) is 3.97. The minimum absolute atomic E-state index is 0.119. The van der Waals surface area contributed by atoms with Crippen molar-refractivity contribution in [2.45, 2.75) is 45.4 Å². The Balaban J connectivity index is 3.21. The van der Waals surface area contributed by atoms with Gasteiger partial charge in [-0.05, 0) is 52.8 Å². The highest BCUT2D eigenvalue weighted by molar-refractivity contribution is 6.60. The first-order valence-corrected chi connectivity index (χ1v) is 7.35. The molecular weight excluding hydrogens is 299 g/mol. The molecule has 0 aliphatic carbocycles. The van der Waals surface area contributed by atoms with Crippen LogP contribution in [-0.4, -0.2) is 52.4 Å². The van der Waals surface area contributed by atoms with Gasteiger partial charge in [0.05, 0.1) is 16.1 Å². The number of nitro groups is 1. The number of hydrogen-bond acceptors (Lipinski definition) is 6. The second kappa shape index (κ2) is 6.96. The van der Waals surface area contributed by atoms with Crippen molar-refractivity contribution in [2.24, 2.45) is 0 Å². The molecule has 0 aliphatic rings. The highest BCUT2D eigenvalue weighted by Gasteiger charge is 2.40. The molecular formula is C15H25BN2O5. The van der Waals surface area contributed by atoms with Crippen LogP contribution >= 0.6 is 0 Å². The molecule has 0 amide bonds. The van der Waals surface area contributed by atoms with Crippen molar-refractivity contribution >= 4 is 18.3 Å². The van der Waals surface area contributed by atoms with Crippen LogP contribution in [0.3, 0.4) is 0 Å². The molecule has 23 heavy (non-hydrogen) atoms. The van der Waals surface area contributed by atoms with E-state index in [2.05, 4.69) is 0 Å². The summed E-state index contributed by atoms with van der Waals surface area (Å²) < 4.78 is 5.61. The molecule has 0 aromatic heterocycles. The summed E-state index contributed by atoms with van der Waals surface area (Å²) >= 11 is 0. The molecule has 0 atom stereocenters. The van der Waals surface area contributed by atoms with Crippen molar-refractivity contribution in [3.8, 4) is 0 Å². The molecule has 0 unspecified atom stereocenters. The Kier molecular flexibility index (Phi) is 5.92. The van der Waals surface area contributed by atoms with Gasteiger partial charge in [0.25, 0.3) is 5.69 Å². The van der Waals surface area contributed by atoms with Crippen LogP contribution in [0, 0.1) is 10.1 Å². The van der Waals surface area contributed by atoms with Crippen molar-refractivity contribution in [1.82, 2.24) is 4.90 Å². The van der Waals surface area contributed by atoms with E-state index in [1.807, 2.05) is 19.0 Å². The fraction of sp³-hybridized carbons (Fsp3) is 0.600. The Morgan fingerprint density at radius 2 is 1.87 bits per heavy atom. The molecule has 7 nitrogen and oxygen atoms in total. The first-order valence-electron chi connectivity index (χ1n) is 7.35. The molecule has 0 fully saturated rings. The lowest BCUT2D eigenvalue weighted by molar-refractivity contribution is -0.384. The van der Waals surface area contributed by atoms with Gasteiger partial charge in [-0.3, -0.25) is 10.1 Å². The molecule has 2 N–H and O–H groups in total. The van der Waals surface area contributed by atoms with E-state index in [1.54, 1.807) is 33.8 Å². The largest absolute Gasteiger partial charge is 0.492 e. The Morgan fingerprint density at radius 3 is 2.30 bits per heavy atom. The minimum atomic E-state index is -1.38. The summed E-state index contributed by atoms with van der Waals surface area (Å²) in [5.41, 5.74) is -1.32. The maximum Gasteiger partial charge on any atom is 0.492 e. The summed E-state index contributed by atoms with van der Waals surface area (Å²) in [6.07, 6.45) is 0. The Labute approximate surface area is 137 Å². The van der Waals surface area contributed by atoms with Crippen LogP contribution in [0.1, 0.15) is 33.3 Å². The number of nitrogens with zero attached hydrogens (tertiary/aromatic N) is 2. The van der Waals surface area contributed by atoms with E-state index in [1.165, 1.54) is 12.1 Å². The van der Waals surface area contributed by atoms with E-state index in [4.69, 9.17) is 4.65 Å². The summed E-state index contributed by atoms with van der Waals surface area (Å²) in [5, 5.41) is 31.6. The highest BCUT2D eigenvalue weighted by Crippen LogP contribution is 2.26. The molecule has 1 aromatic rings. The first kappa shape index (κ1) is 19.6. The van der Waals surface area contributed by atoms with E-state index in [0.717, 1.165) is 5.56 Å². The van der Waals surface area contributed by atoms with Gasteiger partial charge < -0.3 is 19.7 Å². The molecule has 0 saturated heterocycles. The molecule has 0 bridgehead atoms. The van der Waals surface area contributed by atoms with Crippen LogP contribution < -0.4 is 5.46 Å². The summed E-state index contributed by atoms with van der Waals surface area (Å²) in [6, 6.07) is 4.32. The smallest absolute Gasteiger partial charge is 0.423 e. The van der Waals surface area contributed by atoms with Crippen LogP contribution in [-0.2, 0) is 11.2 Å². The first-order chi connectivity index (χ1) is 10.3. The summed E-state index contributed by atoms with van der Waals surface area (Å²) in [6.45, 7) is 6.96. The lowest BCUT2D eigenvalue weighted by Gasteiger charge is -2.38. The lowest BCUT2D eigenvalue weighted by atomic mass is 9.73. The second-order valence-corrected chi connectivity index (χ2v) is 6.92. The SMILES string of the molecule is CN(C)Cc1ccc([N+](=O)[O-])cc1B(O)OC(C)(C)C(C)(C)O. The van der Waals surface area contributed by atoms with Crippen LogP contribution in [0.4, 0.5) is 5.69 Å². The Morgan fingerprint density at radius 1 is 1.30 bits per heavy atom. The summed E-state index contributed by atoms with van der Waals surface area (Å²) in [4.78, 5) is 12.4. The molecule has 8 heteroatoms. The zero-order valence-corrected chi connectivity index (χ0v) is 14.5. The van der Waals surface area contributed by atoms with Gasteiger partial charge in [-0.15, -0.1) is 0 Å². The number of hydrogen-bond donors (Lipinski definition) is 2. The van der Waals surface area contributed by atoms with Crippen LogP contribution in [0.5, 0.6) is 0 Å². The molecule has 0 radical (unpaired) electrons. The minimum Gasteiger partial charge on any atom is -0.423 e. The van der Waals surface area contributed by atoms with Gasteiger partial charge in [0.2, 0.25) is 0 Å². The fourth-order valence-corrected chi connectivity index (χ4v) is 1.90. The van der Waals surface area contributed by atoms with Gasteiger partial charge in [0.1, 0.15) is 0 Å². The van der Waals surface area contributed by atoms with Gasteiger partial charge in [-0.1, -0.05) is 6.07 Å². The molecule has 0 saturated carbocycles. The summed E-state index contributed by atoms with van der Waals surface area (Å²) in [7, 11) is 2.34. The van der Waals surface area contributed by atoms with E-state index >= 15 is 0 Å². The maximum atomic E-state index is 11.0. The van der Waals surface area contributed by atoms with E-state index in [-0.39, 0.29) is 5.69 Å². The zero-order chi connectivity index (χ0) is 18.0. The third kappa shape index (κ3) is 5.00. The molecule has 0 aliphatic heterocycles. The van der Waals surface area contributed by atoms with Crippen LogP contribution in [0.15, 0.2) is 18.2 Å². The van der Waals surface area contributed by atoms with Crippen LogP contribution in [0.2, 0.25) is 0 Å². The quantitative estimate of drug-likeness (QED) is 0.440. The van der Waals surface area contributed by atoms with Crippen LogP contribution in [0.25, 0.3) is 0 Å². The van der Waals surface area contributed by atoms with Crippen molar-refractivity contribution in [2.75, 3.05) is 14.1 Å². The zero-order valence-electron chi connectivity index (χ0n) is 14.5. The number of nitro benzene ring substituents is 1. The topological polar surface area (TPSA) is 96.1 Å². The van der Waals surface area contributed by atoms with Crippen molar-refractivity contribution < 1.29 is 19.7 Å². The van der Waals surface area contributed by atoms with Crippen molar-refractivity contribution in [3.63, 3.8) is 0 Å². The normalized spacial score (nSPS) is 12.6. The molecule has 0 heterocycles. The summed E-state index contributed by atoms with van der Waals surface area (Å²) in [5.74, 6) is 0. The average Bonchev–Trinajstić information content (AvgIpc) is 2.36. The van der Waals surface area contributed by atoms with E-state index in [9.17, 15) is 20.2 Å². The predicted molar refractivity (Wildman–Crippen MR) is 89.6 cm³/mol. The number of non-ortho nitro benzene ring substituents is 1. The Hall–Kier alpha value is -1.48. The van der Waals surface area contributed by atoms with Crippen molar-refractivity contribution in [1.29, 1.82) is 0 Å². The monoisotopic (exact) mass is 324 g/mol. The van der Waals surface area contributed by atoms with Gasteiger partial charge in [-0.25, -0.2) is 0 Å². The highest BCUT2D eigenvalue weighted by atomic mass is 16.6. The molecule has 0 spiro atoms. The standard InChI is InChI=1S/C15H25BN2O5/c1-14(2,19)15(3,4)23-16(20)13-9-12(18(21)22)8-7-11(13)10-17(5)6/h7-9,19-20H,10H2,1-6H3. The number of benzene rings is 1.